The minimum absolute atomic E-state index is 0.0119. The number of hydrogen-bond acceptors (Lipinski definition) is 6. The Morgan fingerprint density at radius 2 is 2.05 bits per heavy atom. The maximum absolute atomic E-state index is 12.7. The predicted molar refractivity (Wildman–Crippen MR) is 67.7 cm³/mol. The van der Waals surface area contributed by atoms with E-state index in [1.165, 1.54) is 12.0 Å². The van der Waals surface area contributed by atoms with Crippen molar-refractivity contribution in [1.82, 2.24) is 9.97 Å². The second-order valence-corrected chi connectivity index (χ2v) is 4.32. The quantitative estimate of drug-likeness (QED) is 0.815. The van der Waals surface area contributed by atoms with Crippen LogP contribution in [-0.2, 0) is 10.9 Å². The van der Waals surface area contributed by atoms with Crippen LogP contribution >= 0.6 is 0 Å². The first-order valence-corrected chi connectivity index (χ1v) is 5.78. The number of aliphatic hydroxyl groups excluding tert-OH is 1. The molecule has 0 saturated carbocycles. The molecule has 2 N–H and O–H groups in total. The van der Waals surface area contributed by atoms with Crippen molar-refractivity contribution in [3.63, 3.8) is 0 Å². The molecule has 0 radical (unpaired) electrons. The minimum Gasteiger partial charge on any atom is -0.389 e. The van der Waals surface area contributed by atoms with Crippen molar-refractivity contribution >= 4 is 11.8 Å². The van der Waals surface area contributed by atoms with Gasteiger partial charge in [0.2, 0.25) is 5.95 Å². The van der Waals surface area contributed by atoms with Crippen molar-refractivity contribution in [3.8, 4) is 0 Å². The fourth-order valence-electron chi connectivity index (χ4n) is 1.35. The van der Waals surface area contributed by atoms with Crippen LogP contribution in [0.5, 0.6) is 0 Å². The zero-order chi connectivity index (χ0) is 15.3. The minimum atomic E-state index is -4.56. The van der Waals surface area contributed by atoms with Gasteiger partial charge in [-0.05, 0) is 0 Å². The second-order valence-electron chi connectivity index (χ2n) is 4.32. The molecule has 1 aromatic heterocycles. The summed E-state index contributed by atoms with van der Waals surface area (Å²) in [5, 5.41) is 12.0. The van der Waals surface area contributed by atoms with Gasteiger partial charge in [-0.25, -0.2) is 4.98 Å². The van der Waals surface area contributed by atoms with Crippen LogP contribution < -0.4 is 10.2 Å². The summed E-state index contributed by atoms with van der Waals surface area (Å²) in [6.45, 7) is 0.0501. The van der Waals surface area contributed by atoms with Gasteiger partial charge in [0.1, 0.15) is 5.82 Å². The van der Waals surface area contributed by atoms with Gasteiger partial charge in [-0.1, -0.05) is 0 Å². The van der Waals surface area contributed by atoms with Crippen LogP contribution in [0.15, 0.2) is 6.07 Å². The summed E-state index contributed by atoms with van der Waals surface area (Å²) < 4.78 is 42.9. The highest BCUT2D eigenvalue weighted by molar-refractivity contribution is 5.44. The van der Waals surface area contributed by atoms with E-state index in [9.17, 15) is 18.3 Å². The van der Waals surface area contributed by atoms with Crippen molar-refractivity contribution in [1.29, 1.82) is 0 Å². The molecule has 0 bridgehead atoms. The molecule has 114 valence electrons. The number of ether oxygens (including phenoxy) is 1. The van der Waals surface area contributed by atoms with Crippen LogP contribution in [0.3, 0.4) is 0 Å². The van der Waals surface area contributed by atoms with Crippen LogP contribution in [0.25, 0.3) is 0 Å². The summed E-state index contributed by atoms with van der Waals surface area (Å²) >= 11 is 0. The number of aromatic nitrogens is 2. The molecule has 1 rings (SSSR count). The number of nitrogens with one attached hydrogen (secondary N) is 1. The molecule has 1 atom stereocenters. The third-order valence-corrected chi connectivity index (χ3v) is 2.32. The van der Waals surface area contributed by atoms with Gasteiger partial charge in [-0.15, -0.1) is 0 Å². The van der Waals surface area contributed by atoms with Gasteiger partial charge in [0.25, 0.3) is 0 Å². The molecule has 1 heterocycles. The van der Waals surface area contributed by atoms with E-state index in [2.05, 4.69) is 15.3 Å². The Hall–Kier alpha value is -1.61. The lowest BCUT2D eigenvalue weighted by molar-refractivity contribution is -0.141. The number of alkyl halides is 3. The molecule has 20 heavy (non-hydrogen) atoms. The van der Waals surface area contributed by atoms with E-state index in [1.807, 2.05) is 0 Å². The van der Waals surface area contributed by atoms with Gasteiger partial charge >= 0.3 is 6.18 Å². The highest BCUT2D eigenvalue weighted by Crippen LogP contribution is 2.30. The molecular weight excluding hydrogens is 277 g/mol. The number of hydrogen-bond donors (Lipinski definition) is 2. The fraction of sp³-hybridized carbons (Fsp3) is 0.636. The molecule has 0 unspecified atom stereocenters. The second kappa shape index (κ2) is 6.71. The number of aliphatic hydroxyl groups is 1. The Balaban J connectivity index is 2.92. The Kier molecular flexibility index (Phi) is 5.52. The zero-order valence-corrected chi connectivity index (χ0v) is 11.4. The summed E-state index contributed by atoms with van der Waals surface area (Å²) in [4.78, 5) is 8.76. The van der Waals surface area contributed by atoms with Crippen LogP contribution in [0.1, 0.15) is 5.69 Å². The van der Waals surface area contributed by atoms with Crippen LogP contribution in [0, 0.1) is 0 Å². The van der Waals surface area contributed by atoms with Crippen LogP contribution in [-0.4, -0.2) is 55.5 Å². The molecule has 0 aliphatic heterocycles. The molecule has 0 saturated heterocycles. The number of halogens is 3. The molecule has 6 nitrogen and oxygen atoms in total. The van der Waals surface area contributed by atoms with E-state index < -0.39 is 18.0 Å². The molecule has 0 amide bonds. The highest BCUT2D eigenvalue weighted by atomic mass is 19.4. The number of rotatable bonds is 6. The maximum Gasteiger partial charge on any atom is 0.433 e. The standard InChI is InChI=1S/C11H17F3N4O2/c1-18(2)9-4-8(11(12,13)14)16-10(17-9)15-5-7(19)6-20-3/h4,7,19H,5-6H2,1-3H3,(H,15,16,17)/t7-/m1/s1. The third kappa shape index (κ3) is 4.82. The largest absolute Gasteiger partial charge is 0.433 e. The monoisotopic (exact) mass is 294 g/mol. The smallest absolute Gasteiger partial charge is 0.389 e. The summed E-state index contributed by atoms with van der Waals surface area (Å²) in [6.07, 6.45) is -5.42. The lowest BCUT2D eigenvalue weighted by Crippen LogP contribution is -2.26. The van der Waals surface area contributed by atoms with Gasteiger partial charge in [0.05, 0.1) is 12.7 Å². The summed E-state index contributed by atoms with van der Waals surface area (Å²) in [7, 11) is 4.56. The van der Waals surface area contributed by atoms with Crippen LogP contribution in [0.2, 0.25) is 0 Å². The molecule has 0 aliphatic carbocycles. The molecular formula is C11H17F3N4O2. The highest BCUT2D eigenvalue weighted by Gasteiger charge is 2.34. The molecule has 1 aromatic rings. The maximum atomic E-state index is 12.7. The first-order valence-electron chi connectivity index (χ1n) is 5.78. The van der Waals surface area contributed by atoms with E-state index in [0.717, 1.165) is 6.07 Å². The van der Waals surface area contributed by atoms with E-state index >= 15 is 0 Å². The Bertz CT molecular complexity index is 440. The molecule has 0 spiro atoms. The normalized spacial score (nSPS) is 13.2. The Labute approximate surface area is 114 Å². The topological polar surface area (TPSA) is 70.5 Å². The van der Waals surface area contributed by atoms with E-state index in [4.69, 9.17) is 4.74 Å². The van der Waals surface area contributed by atoms with Gasteiger partial charge in [-0.3, -0.25) is 0 Å². The Morgan fingerprint density at radius 3 is 2.55 bits per heavy atom. The lowest BCUT2D eigenvalue weighted by atomic mass is 10.3. The predicted octanol–water partition coefficient (Wildman–Crippen LogP) is 0.981. The first-order chi connectivity index (χ1) is 9.24. The van der Waals surface area contributed by atoms with Crippen LogP contribution in [0.4, 0.5) is 24.9 Å². The summed E-state index contributed by atoms with van der Waals surface area (Å²) in [5.74, 6) is -0.0743. The van der Waals surface area contributed by atoms with Gasteiger partial charge in [0, 0.05) is 33.8 Å². The van der Waals surface area contributed by atoms with Crippen molar-refractivity contribution in [3.05, 3.63) is 11.8 Å². The van der Waals surface area contributed by atoms with Gasteiger partial charge in [-0.2, -0.15) is 18.2 Å². The van der Waals surface area contributed by atoms with Crippen molar-refractivity contribution in [2.24, 2.45) is 0 Å². The summed E-state index contributed by atoms with van der Waals surface area (Å²) in [5.41, 5.74) is -1.04. The van der Waals surface area contributed by atoms with Gasteiger partial charge in [0.15, 0.2) is 5.69 Å². The lowest BCUT2D eigenvalue weighted by Gasteiger charge is -2.16. The van der Waals surface area contributed by atoms with Crippen molar-refractivity contribution in [2.75, 3.05) is 44.6 Å². The van der Waals surface area contributed by atoms with Crippen molar-refractivity contribution < 1.29 is 23.0 Å². The third-order valence-electron chi connectivity index (χ3n) is 2.32. The fourth-order valence-corrected chi connectivity index (χ4v) is 1.35. The average molecular weight is 294 g/mol. The average Bonchev–Trinajstić information content (AvgIpc) is 2.35. The number of anilines is 2. The van der Waals surface area contributed by atoms with Crippen molar-refractivity contribution in [2.45, 2.75) is 12.3 Å². The van der Waals surface area contributed by atoms with Gasteiger partial charge < -0.3 is 20.1 Å². The first kappa shape index (κ1) is 16.4. The SMILES string of the molecule is COC[C@H](O)CNc1nc(N(C)C)cc(C(F)(F)F)n1. The van der Waals surface area contributed by atoms with E-state index in [0.29, 0.717) is 0 Å². The zero-order valence-electron chi connectivity index (χ0n) is 11.4. The Morgan fingerprint density at radius 1 is 1.40 bits per heavy atom. The molecule has 9 heteroatoms. The molecule has 0 fully saturated rings. The number of nitrogens with zero attached hydrogens (tertiary/aromatic N) is 3. The summed E-state index contributed by atoms with van der Waals surface area (Å²) in [6, 6.07) is 0.858. The molecule has 0 aromatic carbocycles. The van der Waals surface area contributed by atoms with E-state index in [1.54, 1.807) is 14.1 Å². The molecule has 0 aliphatic rings. The number of methoxy groups -OCH3 is 1. The van der Waals surface area contributed by atoms with E-state index in [-0.39, 0.29) is 24.9 Å².